The lowest BCUT2D eigenvalue weighted by molar-refractivity contribution is 0.0373. The number of aromatic carboxylic acids is 1. The minimum atomic E-state index is -1.32. The van der Waals surface area contributed by atoms with Crippen molar-refractivity contribution >= 4 is 17.5 Å². The largest absolute Gasteiger partial charge is 0.477 e. The van der Waals surface area contributed by atoms with E-state index in [0.717, 1.165) is 5.69 Å². The zero-order valence-electron chi connectivity index (χ0n) is 12.3. The van der Waals surface area contributed by atoms with E-state index in [2.05, 4.69) is 9.97 Å². The molecule has 0 saturated carbocycles. The molecule has 0 radical (unpaired) electrons. The van der Waals surface area contributed by atoms with Crippen LogP contribution in [0.15, 0.2) is 41.5 Å². The summed E-state index contributed by atoms with van der Waals surface area (Å²) in [4.78, 5) is 29.9. The number of nitrogens with one attached hydrogen (secondary N) is 1. The van der Waals surface area contributed by atoms with Crippen molar-refractivity contribution in [3.8, 4) is 0 Å². The van der Waals surface area contributed by atoms with Crippen LogP contribution < -0.4 is 10.6 Å². The van der Waals surface area contributed by atoms with Crippen molar-refractivity contribution in [3.05, 3.63) is 52.6 Å². The molecule has 120 valence electrons. The van der Waals surface area contributed by atoms with E-state index >= 15 is 0 Å². The zero-order chi connectivity index (χ0) is 16.2. The van der Waals surface area contributed by atoms with Crippen LogP contribution in [0.25, 0.3) is 0 Å². The second-order valence-electron chi connectivity index (χ2n) is 4.95. The summed E-state index contributed by atoms with van der Waals surface area (Å²) in [5, 5.41) is 13.0. The van der Waals surface area contributed by atoms with Crippen LogP contribution in [0, 0.1) is 0 Å². The summed E-state index contributed by atoms with van der Waals surface area (Å²) in [5.74, 6) is -1.22. The minimum Gasteiger partial charge on any atom is -0.477 e. The Labute approximate surface area is 131 Å². The molecule has 0 bridgehead atoms. The Balaban J connectivity index is 2.14. The van der Waals surface area contributed by atoms with Crippen LogP contribution in [-0.4, -0.2) is 52.4 Å². The van der Waals surface area contributed by atoms with Gasteiger partial charge in [0.2, 0.25) is 0 Å². The Morgan fingerprint density at radius 1 is 1.26 bits per heavy atom. The maximum atomic E-state index is 12.0. The molecular formula is C15H16N4O4. The van der Waals surface area contributed by atoms with Gasteiger partial charge >= 0.3 is 5.97 Å². The topological polar surface area (TPSA) is 98.8 Å². The lowest BCUT2D eigenvalue weighted by atomic mass is 10.2. The molecule has 0 atom stereocenters. The fourth-order valence-corrected chi connectivity index (χ4v) is 2.49. The second-order valence-corrected chi connectivity index (χ2v) is 4.95. The fourth-order valence-electron chi connectivity index (χ4n) is 2.49. The molecule has 2 N–H and O–H groups in total. The first-order valence-corrected chi connectivity index (χ1v) is 7.17. The molecule has 1 aromatic carbocycles. The molecule has 23 heavy (non-hydrogen) atoms. The molecular weight excluding hydrogens is 300 g/mol. The smallest absolute Gasteiger partial charge is 0.345 e. The number of anilines is 2. The summed E-state index contributed by atoms with van der Waals surface area (Å²) in [6, 6.07) is 9.23. The number of H-pyrrole nitrogens is 1. The van der Waals surface area contributed by atoms with Crippen molar-refractivity contribution < 1.29 is 14.6 Å². The molecule has 8 nitrogen and oxygen atoms in total. The summed E-state index contributed by atoms with van der Waals surface area (Å²) >= 11 is 0. The summed E-state index contributed by atoms with van der Waals surface area (Å²) in [7, 11) is 0. The van der Waals surface area contributed by atoms with Crippen LogP contribution in [0.1, 0.15) is 10.4 Å². The molecule has 1 saturated heterocycles. The molecule has 0 aliphatic carbocycles. The third-order valence-corrected chi connectivity index (χ3v) is 3.52. The highest BCUT2D eigenvalue weighted by Gasteiger charge is 2.28. The van der Waals surface area contributed by atoms with Gasteiger partial charge < -0.3 is 14.8 Å². The number of ether oxygens (including phenoxy) is 1. The van der Waals surface area contributed by atoms with E-state index in [0.29, 0.717) is 26.3 Å². The van der Waals surface area contributed by atoms with Gasteiger partial charge in [-0.3, -0.25) is 9.80 Å². The van der Waals surface area contributed by atoms with Crippen molar-refractivity contribution in [3.63, 3.8) is 0 Å². The summed E-state index contributed by atoms with van der Waals surface area (Å²) in [6.45, 7) is 2.19. The number of hydrogen-bond donors (Lipinski definition) is 2. The minimum absolute atomic E-state index is 0.0920. The molecule has 3 rings (SSSR count). The molecule has 1 aromatic heterocycles. The Morgan fingerprint density at radius 3 is 2.61 bits per heavy atom. The number of nitrogens with zero attached hydrogens (tertiary/aromatic N) is 3. The number of rotatable bonds is 4. The molecule has 1 aliphatic rings. The van der Waals surface area contributed by atoms with Crippen molar-refractivity contribution in [2.45, 2.75) is 0 Å². The van der Waals surface area contributed by atoms with Crippen LogP contribution in [0.4, 0.5) is 11.5 Å². The van der Waals surface area contributed by atoms with E-state index in [-0.39, 0.29) is 11.4 Å². The number of carboxylic acids is 1. The number of aromatic nitrogens is 2. The van der Waals surface area contributed by atoms with Crippen molar-refractivity contribution in [1.29, 1.82) is 0 Å². The first kappa shape index (κ1) is 15.2. The van der Waals surface area contributed by atoms with Crippen LogP contribution in [0.5, 0.6) is 0 Å². The Morgan fingerprint density at radius 2 is 1.96 bits per heavy atom. The van der Waals surface area contributed by atoms with E-state index in [4.69, 9.17) is 4.74 Å². The number of benzene rings is 1. The molecule has 1 aliphatic heterocycles. The predicted octanol–water partition coefficient (Wildman–Crippen LogP) is 0.853. The van der Waals surface area contributed by atoms with E-state index < -0.39 is 11.5 Å². The normalized spacial score (nSPS) is 15.3. The average molecular weight is 316 g/mol. The number of morpholine rings is 1. The summed E-state index contributed by atoms with van der Waals surface area (Å²) in [5.41, 5.74) is -0.338. The molecule has 2 heterocycles. The van der Waals surface area contributed by atoms with Gasteiger partial charge in [0.05, 0.1) is 25.2 Å². The van der Waals surface area contributed by atoms with Gasteiger partial charge in [-0.1, -0.05) is 18.2 Å². The highest BCUT2D eigenvalue weighted by atomic mass is 16.5. The standard InChI is InChI=1S/C15H16N4O4/c20-14-12(15(21)22)13(16-10-17-14)19(11-4-2-1-3-5-11)18-6-8-23-9-7-18/h1-5,10H,6-9H2,(H,21,22)(H,16,17,20). The number of para-hydroxylation sites is 1. The number of carbonyl (C=O) groups is 1. The summed E-state index contributed by atoms with van der Waals surface area (Å²) in [6.07, 6.45) is 1.21. The maximum Gasteiger partial charge on any atom is 0.345 e. The fraction of sp³-hybridized carbons (Fsp3) is 0.267. The average Bonchev–Trinajstić information content (AvgIpc) is 2.57. The number of hydrogen-bond acceptors (Lipinski definition) is 6. The molecule has 0 spiro atoms. The second kappa shape index (κ2) is 6.59. The van der Waals surface area contributed by atoms with Crippen LogP contribution in [0.3, 0.4) is 0 Å². The molecule has 0 unspecified atom stereocenters. The molecule has 1 fully saturated rings. The zero-order valence-corrected chi connectivity index (χ0v) is 12.3. The first-order chi connectivity index (χ1) is 11.2. The predicted molar refractivity (Wildman–Crippen MR) is 82.8 cm³/mol. The van der Waals surface area contributed by atoms with Gasteiger partial charge in [0.25, 0.3) is 5.56 Å². The van der Waals surface area contributed by atoms with Gasteiger partial charge in [-0.15, -0.1) is 0 Å². The van der Waals surface area contributed by atoms with E-state index in [1.807, 2.05) is 35.3 Å². The number of hydrazine groups is 1. The van der Waals surface area contributed by atoms with Crippen molar-refractivity contribution in [2.24, 2.45) is 0 Å². The quantitative estimate of drug-likeness (QED) is 0.863. The Hall–Kier alpha value is -2.71. The van der Waals surface area contributed by atoms with Gasteiger partial charge in [-0.05, 0) is 12.1 Å². The van der Waals surface area contributed by atoms with E-state index in [9.17, 15) is 14.7 Å². The third-order valence-electron chi connectivity index (χ3n) is 3.52. The van der Waals surface area contributed by atoms with Crippen molar-refractivity contribution in [2.75, 3.05) is 31.3 Å². The van der Waals surface area contributed by atoms with Crippen LogP contribution in [-0.2, 0) is 4.74 Å². The highest BCUT2D eigenvalue weighted by Crippen LogP contribution is 2.27. The van der Waals surface area contributed by atoms with E-state index in [1.165, 1.54) is 6.33 Å². The maximum absolute atomic E-state index is 12.0. The van der Waals surface area contributed by atoms with Crippen molar-refractivity contribution in [1.82, 2.24) is 15.0 Å². The van der Waals surface area contributed by atoms with E-state index in [1.54, 1.807) is 5.01 Å². The monoisotopic (exact) mass is 316 g/mol. The molecule has 2 aromatic rings. The first-order valence-electron chi connectivity index (χ1n) is 7.17. The molecule has 0 amide bonds. The van der Waals surface area contributed by atoms with Gasteiger partial charge in [-0.25, -0.2) is 14.8 Å². The van der Waals surface area contributed by atoms with Gasteiger partial charge in [0.1, 0.15) is 0 Å². The SMILES string of the molecule is O=C(O)c1c(N(c2ccccc2)N2CCOCC2)nc[nH]c1=O. The Kier molecular flexibility index (Phi) is 4.35. The lowest BCUT2D eigenvalue weighted by Gasteiger charge is -2.38. The number of carboxylic acid groups (broad SMARTS) is 1. The third kappa shape index (κ3) is 3.08. The van der Waals surface area contributed by atoms with Crippen LogP contribution >= 0.6 is 0 Å². The Bertz CT molecular complexity index is 741. The van der Waals surface area contributed by atoms with Gasteiger partial charge in [-0.2, -0.15) is 0 Å². The molecule has 8 heteroatoms. The van der Waals surface area contributed by atoms with Crippen LogP contribution in [0.2, 0.25) is 0 Å². The van der Waals surface area contributed by atoms with Gasteiger partial charge in [0.15, 0.2) is 11.4 Å². The summed E-state index contributed by atoms with van der Waals surface area (Å²) < 4.78 is 5.35. The highest BCUT2D eigenvalue weighted by molar-refractivity contribution is 5.93. The number of aromatic amines is 1. The lowest BCUT2D eigenvalue weighted by Crippen LogP contribution is -2.48. The van der Waals surface area contributed by atoms with Gasteiger partial charge in [0, 0.05) is 13.1 Å².